The van der Waals surface area contributed by atoms with Crippen molar-refractivity contribution in [1.82, 2.24) is 4.90 Å². The first-order valence-electron chi connectivity index (χ1n) is 8.89. The van der Waals surface area contributed by atoms with E-state index in [9.17, 15) is 0 Å². The van der Waals surface area contributed by atoms with E-state index >= 15 is 0 Å². The number of nitrogens with zero attached hydrogens (tertiary/aromatic N) is 1. The first-order chi connectivity index (χ1) is 12.2. The summed E-state index contributed by atoms with van der Waals surface area (Å²) in [6.45, 7) is 6.99. The van der Waals surface area contributed by atoms with Crippen molar-refractivity contribution in [2.45, 2.75) is 32.1 Å². The highest BCUT2D eigenvalue weighted by Crippen LogP contribution is 2.34. The van der Waals surface area contributed by atoms with Crippen LogP contribution < -0.4 is 9.47 Å². The zero-order valence-electron chi connectivity index (χ0n) is 15.6. The van der Waals surface area contributed by atoms with Crippen molar-refractivity contribution < 1.29 is 14.2 Å². The molecule has 2 aromatic rings. The summed E-state index contributed by atoms with van der Waals surface area (Å²) in [5, 5.41) is 0. The molecule has 1 aliphatic heterocycles. The van der Waals surface area contributed by atoms with Crippen LogP contribution in [-0.2, 0) is 4.74 Å². The summed E-state index contributed by atoms with van der Waals surface area (Å²) in [6, 6.07) is 18.5. The molecular formula is C21H28ClNO3. The Morgan fingerprint density at radius 3 is 2.31 bits per heavy atom. The molecule has 2 unspecified atom stereocenters. The Kier molecular flexibility index (Phi) is 7.76. The van der Waals surface area contributed by atoms with Gasteiger partial charge in [0.15, 0.2) is 17.6 Å². The highest BCUT2D eigenvalue weighted by atomic mass is 35.5. The van der Waals surface area contributed by atoms with Gasteiger partial charge in [0.05, 0.1) is 13.7 Å². The van der Waals surface area contributed by atoms with Crippen LogP contribution >= 0.6 is 12.4 Å². The smallest absolute Gasteiger partial charge is 0.162 e. The Bertz CT molecular complexity index is 665. The van der Waals surface area contributed by atoms with Gasteiger partial charge in [-0.2, -0.15) is 0 Å². The summed E-state index contributed by atoms with van der Waals surface area (Å²) >= 11 is 0. The highest BCUT2D eigenvalue weighted by Gasteiger charge is 2.32. The highest BCUT2D eigenvalue weighted by molar-refractivity contribution is 5.85. The number of methoxy groups -OCH3 is 1. The molecule has 142 valence electrons. The lowest BCUT2D eigenvalue weighted by molar-refractivity contribution is -0.0888. The van der Waals surface area contributed by atoms with Gasteiger partial charge in [0, 0.05) is 19.1 Å². The maximum absolute atomic E-state index is 6.41. The van der Waals surface area contributed by atoms with Crippen molar-refractivity contribution in [2.75, 3.05) is 26.8 Å². The maximum Gasteiger partial charge on any atom is 0.162 e. The van der Waals surface area contributed by atoms with Crippen LogP contribution in [0.5, 0.6) is 11.5 Å². The third kappa shape index (κ3) is 4.91. The van der Waals surface area contributed by atoms with Crippen molar-refractivity contribution >= 4 is 12.4 Å². The molecule has 1 heterocycles. The van der Waals surface area contributed by atoms with Gasteiger partial charge in [0.1, 0.15) is 6.10 Å². The van der Waals surface area contributed by atoms with Crippen LogP contribution in [0.25, 0.3) is 0 Å². The van der Waals surface area contributed by atoms with E-state index in [2.05, 4.69) is 30.9 Å². The lowest BCUT2D eigenvalue weighted by atomic mass is 10.0. The van der Waals surface area contributed by atoms with Crippen LogP contribution in [0.15, 0.2) is 54.6 Å². The molecule has 0 aromatic heterocycles. The Morgan fingerprint density at radius 1 is 1.00 bits per heavy atom. The number of morpholine rings is 1. The predicted molar refractivity (Wildman–Crippen MR) is 107 cm³/mol. The van der Waals surface area contributed by atoms with Gasteiger partial charge in [-0.05, 0) is 31.5 Å². The van der Waals surface area contributed by atoms with Gasteiger partial charge in [-0.3, -0.25) is 4.90 Å². The molecule has 0 saturated carbocycles. The zero-order chi connectivity index (χ0) is 17.6. The van der Waals surface area contributed by atoms with Gasteiger partial charge in [-0.1, -0.05) is 42.5 Å². The lowest BCUT2D eigenvalue weighted by Crippen LogP contribution is -2.48. The number of para-hydroxylation sites is 2. The fourth-order valence-electron chi connectivity index (χ4n) is 3.20. The number of rotatable bonds is 6. The lowest BCUT2D eigenvalue weighted by Gasteiger charge is -2.39. The van der Waals surface area contributed by atoms with E-state index in [0.717, 1.165) is 36.8 Å². The van der Waals surface area contributed by atoms with E-state index in [0.29, 0.717) is 6.04 Å². The molecule has 1 fully saturated rings. The Morgan fingerprint density at radius 2 is 1.65 bits per heavy atom. The largest absolute Gasteiger partial charge is 0.493 e. The molecule has 2 aromatic carbocycles. The molecule has 3 rings (SSSR count). The van der Waals surface area contributed by atoms with Crippen molar-refractivity contribution in [3.05, 3.63) is 60.2 Å². The zero-order valence-corrected chi connectivity index (χ0v) is 16.4. The Hall–Kier alpha value is -1.75. The maximum atomic E-state index is 6.41. The van der Waals surface area contributed by atoms with E-state index in [1.807, 2.05) is 42.5 Å². The predicted octanol–water partition coefficient (Wildman–Crippen LogP) is 4.35. The molecule has 0 bridgehead atoms. The summed E-state index contributed by atoms with van der Waals surface area (Å²) in [7, 11) is 1.66. The molecule has 0 spiro atoms. The van der Waals surface area contributed by atoms with Gasteiger partial charge >= 0.3 is 0 Å². The molecule has 5 heteroatoms. The topological polar surface area (TPSA) is 30.9 Å². The van der Waals surface area contributed by atoms with Gasteiger partial charge in [0.25, 0.3) is 0 Å². The molecule has 4 nitrogen and oxygen atoms in total. The average molecular weight is 378 g/mol. The summed E-state index contributed by atoms with van der Waals surface area (Å²) in [4.78, 5) is 2.44. The summed E-state index contributed by atoms with van der Waals surface area (Å²) in [6.07, 6.45) is -0.206. The van der Waals surface area contributed by atoms with Crippen LogP contribution in [0.2, 0.25) is 0 Å². The molecule has 2 atom stereocenters. The van der Waals surface area contributed by atoms with Crippen LogP contribution in [0.4, 0.5) is 0 Å². The number of halogens is 1. The number of benzene rings is 2. The fraction of sp³-hybridized carbons (Fsp3) is 0.429. The monoisotopic (exact) mass is 377 g/mol. The normalized spacial score (nSPS) is 18.8. The molecule has 1 aliphatic rings. The van der Waals surface area contributed by atoms with Gasteiger partial charge < -0.3 is 14.2 Å². The molecule has 0 N–H and O–H groups in total. The minimum absolute atomic E-state index is 0. The van der Waals surface area contributed by atoms with E-state index in [-0.39, 0.29) is 24.6 Å². The standard InChI is InChI=1S/C21H27NO3.ClH/c1-16(2)22-13-14-24-20(15-22)21(17-9-5-4-6-10-17)25-19-12-8-7-11-18(19)23-3;/h4-12,16,20-21H,13-15H2,1-3H3;1H. The third-order valence-corrected chi connectivity index (χ3v) is 4.64. The van der Waals surface area contributed by atoms with Crippen LogP contribution in [-0.4, -0.2) is 43.9 Å². The van der Waals surface area contributed by atoms with Gasteiger partial charge in [0.2, 0.25) is 0 Å². The summed E-state index contributed by atoms with van der Waals surface area (Å²) in [5.74, 6) is 1.48. The van der Waals surface area contributed by atoms with Gasteiger partial charge in [-0.15, -0.1) is 12.4 Å². The van der Waals surface area contributed by atoms with Crippen molar-refractivity contribution in [2.24, 2.45) is 0 Å². The van der Waals surface area contributed by atoms with E-state index in [4.69, 9.17) is 14.2 Å². The number of hydrogen-bond donors (Lipinski definition) is 0. The summed E-state index contributed by atoms with van der Waals surface area (Å²) in [5.41, 5.74) is 1.11. The second kappa shape index (κ2) is 9.81. The fourth-order valence-corrected chi connectivity index (χ4v) is 3.20. The second-order valence-corrected chi connectivity index (χ2v) is 6.60. The molecular weight excluding hydrogens is 350 g/mol. The molecule has 1 saturated heterocycles. The molecule has 0 amide bonds. The first-order valence-corrected chi connectivity index (χ1v) is 8.89. The van der Waals surface area contributed by atoms with Crippen molar-refractivity contribution in [1.29, 1.82) is 0 Å². The third-order valence-electron chi connectivity index (χ3n) is 4.64. The molecule has 0 aliphatic carbocycles. The van der Waals surface area contributed by atoms with E-state index < -0.39 is 0 Å². The van der Waals surface area contributed by atoms with Gasteiger partial charge in [-0.25, -0.2) is 0 Å². The Labute approximate surface area is 162 Å². The minimum Gasteiger partial charge on any atom is -0.493 e. The first kappa shape index (κ1) is 20.6. The SMILES string of the molecule is COc1ccccc1OC(c1ccccc1)C1CN(C(C)C)CCO1.Cl. The average Bonchev–Trinajstić information content (AvgIpc) is 2.67. The van der Waals surface area contributed by atoms with E-state index in [1.54, 1.807) is 7.11 Å². The van der Waals surface area contributed by atoms with Crippen molar-refractivity contribution in [3.63, 3.8) is 0 Å². The number of hydrogen-bond acceptors (Lipinski definition) is 4. The van der Waals surface area contributed by atoms with Crippen LogP contribution in [0.1, 0.15) is 25.5 Å². The van der Waals surface area contributed by atoms with Crippen LogP contribution in [0, 0.1) is 0 Å². The Balaban J connectivity index is 0.00000243. The quantitative estimate of drug-likeness (QED) is 0.749. The molecule has 0 radical (unpaired) electrons. The van der Waals surface area contributed by atoms with Crippen molar-refractivity contribution in [3.8, 4) is 11.5 Å². The van der Waals surface area contributed by atoms with Crippen LogP contribution in [0.3, 0.4) is 0 Å². The summed E-state index contributed by atoms with van der Waals surface area (Å²) < 4.78 is 18.0. The second-order valence-electron chi connectivity index (χ2n) is 6.60. The number of ether oxygens (including phenoxy) is 3. The molecule has 26 heavy (non-hydrogen) atoms. The minimum atomic E-state index is -0.181. The van der Waals surface area contributed by atoms with E-state index in [1.165, 1.54) is 0 Å².